The first-order chi connectivity index (χ1) is 15.5. The van der Waals surface area contributed by atoms with Crippen LogP contribution in [0.4, 0.5) is 19.1 Å². The third-order valence-corrected chi connectivity index (χ3v) is 5.69. The summed E-state index contributed by atoms with van der Waals surface area (Å²) in [5.41, 5.74) is 1.93. The van der Waals surface area contributed by atoms with E-state index in [1.54, 1.807) is 24.7 Å². The first-order valence-corrected chi connectivity index (χ1v) is 10.4. The number of anilines is 1. The number of H-pyrrole nitrogens is 1. The maximum absolute atomic E-state index is 13.8. The summed E-state index contributed by atoms with van der Waals surface area (Å²) in [6.45, 7) is 1.66. The van der Waals surface area contributed by atoms with Crippen LogP contribution in [0.1, 0.15) is 18.4 Å². The Labute approximate surface area is 182 Å². The Morgan fingerprint density at radius 2 is 1.91 bits per heavy atom. The normalized spacial score (nSPS) is 16.9. The minimum absolute atomic E-state index is 0.0783. The van der Waals surface area contributed by atoms with E-state index in [1.807, 2.05) is 24.3 Å². The van der Waals surface area contributed by atoms with Gasteiger partial charge in [0.05, 0.1) is 11.2 Å². The molecule has 0 aliphatic carbocycles. The number of fused-ring (bicyclic) bond motifs is 1. The monoisotopic (exact) mass is 438 g/mol. The Hall–Kier alpha value is -3.46. The Balaban J connectivity index is 1.62. The molecule has 0 spiro atoms. The summed E-state index contributed by atoms with van der Waals surface area (Å²) in [7, 11) is 0. The molecule has 0 saturated carbocycles. The van der Waals surface area contributed by atoms with Gasteiger partial charge in [0, 0.05) is 53.9 Å². The molecule has 164 valence electrons. The average molecular weight is 438 g/mol. The van der Waals surface area contributed by atoms with Crippen molar-refractivity contribution in [2.45, 2.75) is 25.1 Å². The molecule has 0 radical (unpaired) electrons. The lowest BCUT2D eigenvalue weighted by Gasteiger charge is -2.24. The number of nitrogens with zero attached hydrogens (tertiary/aromatic N) is 3. The summed E-state index contributed by atoms with van der Waals surface area (Å²) in [5.74, 6) is 0.196. The van der Waals surface area contributed by atoms with Crippen LogP contribution in [0.3, 0.4) is 0 Å². The molecule has 0 bridgehead atoms. The third kappa shape index (κ3) is 3.91. The van der Waals surface area contributed by atoms with Gasteiger partial charge in [-0.2, -0.15) is 13.2 Å². The van der Waals surface area contributed by atoms with Gasteiger partial charge >= 0.3 is 6.18 Å². The van der Waals surface area contributed by atoms with Gasteiger partial charge < -0.3 is 15.6 Å². The van der Waals surface area contributed by atoms with Crippen LogP contribution in [0.15, 0.2) is 55.1 Å². The molecule has 1 aliphatic rings. The van der Waals surface area contributed by atoms with Gasteiger partial charge in [-0.1, -0.05) is 18.2 Å². The molecule has 1 aliphatic heterocycles. The second-order valence-corrected chi connectivity index (χ2v) is 7.81. The lowest BCUT2D eigenvalue weighted by Crippen LogP contribution is -2.38. The zero-order valence-corrected chi connectivity index (χ0v) is 17.1. The van der Waals surface area contributed by atoms with Crippen LogP contribution >= 0.6 is 0 Å². The highest BCUT2D eigenvalue weighted by molar-refractivity contribution is 6.02. The highest BCUT2D eigenvalue weighted by Gasteiger charge is 2.36. The molecule has 1 fully saturated rings. The zero-order chi connectivity index (χ0) is 22.1. The molecule has 6 nitrogen and oxygen atoms in total. The van der Waals surface area contributed by atoms with Crippen molar-refractivity contribution in [1.82, 2.24) is 25.3 Å². The second kappa shape index (κ2) is 8.23. The second-order valence-electron chi connectivity index (χ2n) is 7.81. The summed E-state index contributed by atoms with van der Waals surface area (Å²) in [6.07, 6.45) is 3.14. The highest BCUT2D eigenvalue weighted by Crippen LogP contribution is 2.40. The van der Waals surface area contributed by atoms with E-state index in [4.69, 9.17) is 0 Å². The van der Waals surface area contributed by atoms with Gasteiger partial charge in [0.15, 0.2) is 0 Å². The summed E-state index contributed by atoms with van der Waals surface area (Å²) < 4.78 is 41.5. The number of halogens is 3. The number of alkyl halides is 3. The van der Waals surface area contributed by atoms with E-state index in [0.29, 0.717) is 10.9 Å². The molecule has 5 rings (SSSR count). The molecule has 4 aromatic rings. The maximum Gasteiger partial charge on any atom is 0.419 e. The molecule has 9 heteroatoms. The smallest absolute Gasteiger partial charge is 0.360 e. The van der Waals surface area contributed by atoms with Crippen molar-refractivity contribution in [3.05, 3.63) is 60.7 Å². The van der Waals surface area contributed by atoms with Crippen LogP contribution in [0.25, 0.3) is 33.3 Å². The Morgan fingerprint density at radius 3 is 2.66 bits per heavy atom. The van der Waals surface area contributed by atoms with Crippen LogP contribution in [0.5, 0.6) is 0 Å². The fraction of sp³-hybridized carbons (Fsp3) is 0.261. The third-order valence-electron chi connectivity index (χ3n) is 5.69. The van der Waals surface area contributed by atoms with Crippen LogP contribution in [-0.2, 0) is 6.18 Å². The minimum Gasteiger partial charge on any atom is -0.360 e. The molecule has 1 atom stereocenters. The first-order valence-electron chi connectivity index (χ1n) is 10.4. The molecule has 1 saturated heterocycles. The zero-order valence-electron chi connectivity index (χ0n) is 17.1. The van der Waals surface area contributed by atoms with Gasteiger partial charge in [-0.3, -0.25) is 4.98 Å². The Morgan fingerprint density at radius 1 is 1.06 bits per heavy atom. The van der Waals surface area contributed by atoms with Crippen molar-refractivity contribution in [3.63, 3.8) is 0 Å². The predicted molar refractivity (Wildman–Crippen MR) is 117 cm³/mol. The molecule has 0 amide bonds. The van der Waals surface area contributed by atoms with Gasteiger partial charge in [0.1, 0.15) is 5.56 Å². The van der Waals surface area contributed by atoms with Crippen molar-refractivity contribution >= 4 is 16.9 Å². The summed E-state index contributed by atoms with van der Waals surface area (Å²) >= 11 is 0. The summed E-state index contributed by atoms with van der Waals surface area (Å²) in [4.78, 5) is 15.5. The van der Waals surface area contributed by atoms with Gasteiger partial charge in [0.25, 0.3) is 0 Å². The molecule has 3 N–H and O–H groups in total. The number of piperidine rings is 1. The van der Waals surface area contributed by atoms with E-state index in [-0.39, 0.29) is 17.7 Å². The Bertz CT molecular complexity index is 1230. The quantitative estimate of drug-likeness (QED) is 0.424. The lowest BCUT2D eigenvalue weighted by molar-refractivity contribution is -0.137. The van der Waals surface area contributed by atoms with E-state index in [0.717, 1.165) is 48.8 Å². The van der Waals surface area contributed by atoms with Crippen molar-refractivity contribution in [3.8, 4) is 22.4 Å². The number of nitrogens with one attached hydrogen (secondary N) is 3. The van der Waals surface area contributed by atoms with Gasteiger partial charge in [-0.15, -0.1) is 0 Å². The Kier molecular flexibility index (Phi) is 5.26. The molecule has 4 heterocycles. The summed E-state index contributed by atoms with van der Waals surface area (Å²) in [5, 5.41) is 7.11. The van der Waals surface area contributed by atoms with Crippen molar-refractivity contribution < 1.29 is 13.2 Å². The summed E-state index contributed by atoms with van der Waals surface area (Å²) in [6, 6.07) is 9.35. The van der Waals surface area contributed by atoms with Crippen LogP contribution in [-0.4, -0.2) is 39.1 Å². The van der Waals surface area contributed by atoms with Gasteiger partial charge in [-0.05, 0) is 37.1 Å². The topological polar surface area (TPSA) is 78.5 Å². The number of rotatable bonds is 4. The molecular weight excluding hydrogens is 417 g/mol. The van der Waals surface area contributed by atoms with E-state index in [9.17, 15) is 13.2 Å². The number of benzene rings is 1. The van der Waals surface area contributed by atoms with Crippen LogP contribution in [0, 0.1) is 0 Å². The number of hydrogen-bond donors (Lipinski definition) is 3. The van der Waals surface area contributed by atoms with Crippen molar-refractivity contribution in [2.24, 2.45) is 0 Å². The van der Waals surface area contributed by atoms with Crippen molar-refractivity contribution in [1.29, 1.82) is 0 Å². The fourth-order valence-electron chi connectivity index (χ4n) is 4.14. The molecule has 3 aromatic heterocycles. The lowest BCUT2D eigenvalue weighted by atomic mass is 10.0. The highest BCUT2D eigenvalue weighted by atomic mass is 19.4. The number of pyridine rings is 1. The van der Waals surface area contributed by atoms with Gasteiger partial charge in [-0.25, -0.2) is 9.97 Å². The minimum atomic E-state index is -4.58. The van der Waals surface area contributed by atoms with E-state index in [2.05, 4.69) is 30.6 Å². The van der Waals surface area contributed by atoms with E-state index < -0.39 is 11.7 Å². The standard InChI is InChI=1S/C23H21F3N6/c24-23(25,26)19-13-30-22(31-15-3-2-8-28-11-15)32-21(19)18-12-29-20-16(4-1-5-17(18)20)14-6-9-27-10-7-14/h1,4-7,9-10,12-13,15,28-29H,2-3,8,11H2,(H,30,31,32)/t15-/m0/s1. The maximum atomic E-state index is 13.8. The van der Waals surface area contributed by atoms with Crippen LogP contribution in [0.2, 0.25) is 0 Å². The van der Waals surface area contributed by atoms with Crippen LogP contribution < -0.4 is 10.6 Å². The fourth-order valence-corrected chi connectivity index (χ4v) is 4.14. The van der Waals surface area contributed by atoms with Gasteiger partial charge in [0.2, 0.25) is 5.95 Å². The molecule has 0 unspecified atom stereocenters. The average Bonchev–Trinajstić information content (AvgIpc) is 3.24. The predicted octanol–water partition coefficient (Wildman–Crippen LogP) is 4.87. The SMILES string of the molecule is FC(F)(F)c1cnc(N[C@H]2CCCNC2)nc1-c1c[nH]c2c(-c3ccncc3)cccc12. The largest absolute Gasteiger partial charge is 0.419 e. The van der Waals surface area contributed by atoms with Crippen molar-refractivity contribution in [2.75, 3.05) is 18.4 Å². The molecular formula is C23H21F3N6. The van der Waals surface area contributed by atoms with E-state index in [1.165, 1.54) is 0 Å². The molecule has 1 aromatic carbocycles. The first kappa shape index (κ1) is 20.4. The van der Waals surface area contributed by atoms with E-state index >= 15 is 0 Å². The number of aromatic nitrogens is 4. The number of hydrogen-bond acceptors (Lipinski definition) is 5. The number of para-hydroxylation sites is 1. The number of aromatic amines is 1. The molecule has 32 heavy (non-hydrogen) atoms.